The summed E-state index contributed by atoms with van der Waals surface area (Å²) in [5.41, 5.74) is 9.15. The highest BCUT2D eigenvalue weighted by Crippen LogP contribution is 2.31. The fourth-order valence-corrected chi connectivity index (χ4v) is 3.86. The van der Waals surface area contributed by atoms with Gasteiger partial charge in [-0.3, -0.25) is 4.79 Å². The van der Waals surface area contributed by atoms with Gasteiger partial charge in [0.15, 0.2) is 0 Å². The summed E-state index contributed by atoms with van der Waals surface area (Å²) in [7, 11) is 0. The van der Waals surface area contributed by atoms with E-state index in [1.54, 1.807) is 11.3 Å². The third-order valence-electron chi connectivity index (χ3n) is 3.95. The van der Waals surface area contributed by atoms with E-state index in [0.717, 1.165) is 29.8 Å². The fourth-order valence-electron chi connectivity index (χ4n) is 2.97. The molecule has 0 bridgehead atoms. The van der Waals surface area contributed by atoms with Crippen molar-refractivity contribution in [2.45, 2.75) is 38.6 Å². The van der Waals surface area contributed by atoms with Crippen LogP contribution in [0.5, 0.6) is 0 Å². The molecule has 1 amide bonds. The van der Waals surface area contributed by atoms with Gasteiger partial charge in [-0.25, -0.2) is 0 Å². The molecule has 110 valence electrons. The predicted octanol–water partition coefficient (Wildman–Crippen LogP) is 3.38. The SMILES string of the molecule is Cc1ccc(CC(=O)NC2CCCc3cc(N)ccc32)s1. The van der Waals surface area contributed by atoms with Crippen molar-refractivity contribution < 1.29 is 4.79 Å². The molecule has 3 rings (SSSR count). The smallest absolute Gasteiger partial charge is 0.225 e. The van der Waals surface area contributed by atoms with Crippen molar-refractivity contribution in [3.8, 4) is 0 Å². The van der Waals surface area contributed by atoms with Crippen LogP contribution >= 0.6 is 11.3 Å². The molecule has 21 heavy (non-hydrogen) atoms. The number of rotatable bonds is 3. The number of anilines is 1. The van der Waals surface area contributed by atoms with Crippen LogP contribution in [0, 0.1) is 6.92 Å². The highest BCUT2D eigenvalue weighted by Gasteiger charge is 2.22. The number of hydrogen-bond acceptors (Lipinski definition) is 3. The molecule has 2 aromatic rings. The number of benzene rings is 1. The number of carbonyl (C=O) groups is 1. The summed E-state index contributed by atoms with van der Waals surface area (Å²) in [5.74, 6) is 0.103. The molecule has 1 heterocycles. The number of thiophene rings is 1. The zero-order valence-electron chi connectivity index (χ0n) is 12.2. The molecule has 1 aliphatic carbocycles. The average molecular weight is 300 g/mol. The molecule has 0 saturated carbocycles. The summed E-state index contributed by atoms with van der Waals surface area (Å²) in [4.78, 5) is 14.6. The number of nitrogens with two attached hydrogens (primary N) is 1. The van der Waals surface area contributed by atoms with Crippen molar-refractivity contribution in [1.29, 1.82) is 0 Å². The molecule has 0 fully saturated rings. The van der Waals surface area contributed by atoms with Crippen LogP contribution in [0.4, 0.5) is 5.69 Å². The Morgan fingerprint density at radius 1 is 1.38 bits per heavy atom. The van der Waals surface area contributed by atoms with Crippen LogP contribution in [0.2, 0.25) is 0 Å². The maximum atomic E-state index is 12.2. The molecule has 0 spiro atoms. The molecule has 0 radical (unpaired) electrons. The lowest BCUT2D eigenvalue weighted by Crippen LogP contribution is -2.31. The summed E-state index contributed by atoms with van der Waals surface area (Å²) in [6.45, 7) is 2.06. The maximum Gasteiger partial charge on any atom is 0.225 e. The predicted molar refractivity (Wildman–Crippen MR) is 87.4 cm³/mol. The molecule has 1 atom stereocenters. The van der Waals surface area contributed by atoms with E-state index in [1.807, 2.05) is 18.2 Å². The zero-order chi connectivity index (χ0) is 14.8. The molecular formula is C17H20N2OS. The molecule has 0 saturated heterocycles. The lowest BCUT2D eigenvalue weighted by atomic mass is 9.87. The van der Waals surface area contributed by atoms with Crippen LogP contribution in [-0.2, 0) is 17.6 Å². The number of nitrogen functional groups attached to an aromatic ring is 1. The quantitative estimate of drug-likeness (QED) is 0.854. The van der Waals surface area contributed by atoms with E-state index in [0.29, 0.717) is 6.42 Å². The second-order valence-electron chi connectivity index (χ2n) is 5.66. The van der Waals surface area contributed by atoms with Gasteiger partial charge in [-0.05, 0) is 61.6 Å². The first kappa shape index (κ1) is 14.1. The van der Waals surface area contributed by atoms with Gasteiger partial charge in [0, 0.05) is 15.4 Å². The summed E-state index contributed by atoms with van der Waals surface area (Å²) >= 11 is 1.69. The summed E-state index contributed by atoms with van der Waals surface area (Å²) < 4.78 is 0. The van der Waals surface area contributed by atoms with Gasteiger partial charge in [-0.2, -0.15) is 0 Å². The molecule has 0 aliphatic heterocycles. The second-order valence-corrected chi connectivity index (χ2v) is 7.03. The monoisotopic (exact) mass is 300 g/mol. The van der Waals surface area contributed by atoms with Crippen molar-refractivity contribution in [2.24, 2.45) is 0 Å². The van der Waals surface area contributed by atoms with Crippen molar-refractivity contribution in [3.63, 3.8) is 0 Å². The van der Waals surface area contributed by atoms with Crippen molar-refractivity contribution >= 4 is 22.9 Å². The Morgan fingerprint density at radius 3 is 3.00 bits per heavy atom. The van der Waals surface area contributed by atoms with E-state index < -0.39 is 0 Å². The molecule has 4 heteroatoms. The highest BCUT2D eigenvalue weighted by molar-refractivity contribution is 7.12. The topological polar surface area (TPSA) is 55.1 Å². The van der Waals surface area contributed by atoms with Crippen LogP contribution < -0.4 is 11.1 Å². The number of aryl methyl sites for hydroxylation is 2. The second kappa shape index (κ2) is 5.90. The summed E-state index contributed by atoms with van der Waals surface area (Å²) in [6.07, 6.45) is 3.63. The van der Waals surface area contributed by atoms with Gasteiger partial charge in [0.25, 0.3) is 0 Å². The minimum atomic E-state index is 0.103. The minimum absolute atomic E-state index is 0.103. The van der Waals surface area contributed by atoms with Gasteiger partial charge >= 0.3 is 0 Å². The Morgan fingerprint density at radius 2 is 2.24 bits per heavy atom. The highest BCUT2D eigenvalue weighted by atomic mass is 32.1. The van der Waals surface area contributed by atoms with Crippen LogP contribution in [0.3, 0.4) is 0 Å². The lowest BCUT2D eigenvalue weighted by Gasteiger charge is -2.26. The molecular weight excluding hydrogens is 280 g/mol. The third-order valence-corrected chi connectivity index (χ3v) is 4.95. The third kappa shape index (κ3) is 3.27. The Labute approximate surface area is 129 Å². The zero-order valence-corrected chi connectivity index (χ0v) is 13.0. The van der Waals surface area contributed by atoms with Crippen molar-refractivity contribution in [3.05, 3.63) is 51.2 Å². The number of nitrogens with one attached hydrogen (secondary N) is 1. The van der Waals surface area contributed by atoms with Gasteiger partial charge in [0.1, 0.15) is 0 Å². The minimum Gasteiger partial charge on any atom is -0.399 e. The van der Waals surface area contributed by atoms with Crippen LogP contribution in [0.25, 0.3) is 0 Å². The lowest BCUT2D eigenvalue weighted by molar-refractivity contribution is -0.121. The molecule has 3 N–H and O–H groups in total. The first-order valence-electron chi connectivity index (χ1n) is 7.35. The Balaban J connectivity index is 1.70. The first-order valence-corrected chi connectivity index (χ1v) is 8.16. The summed E-state index contributed by atoms with van der Waals surface area (Å²) in [5, 5.41) is 3.18. The number of fused-ring (bicyclic) bond motifs is 1. The van der Waals surface area contributed by atoms with Crippen molar-refractivity contribution in [1.82, 2.24) is 5.32 Å². The average Bonchev–Trinajstić information content (AvgIpc) is 2.83. The molecule has 3 nitrogen and oxygen atoms in total. The molecule has 1 unspecified atom stereocenters. The van der Waals surface area contributed by atoms with Gasteiger partial charge in [-0.1, -0.05) is 6.07 Å². The van der Waals surface area contributed by atoms with Gasteiger partial charge in [0.2, 0.25) is 5.91 Å². The van der Waals surface area contributed by atoms with E-state index in [9.17, 15) is 4.79 Å². The maximum absolute atomic E-state index is 12.2. The number of hydrogen-bond donors (Lipinski definition) is 2. The Hall–Kier alpha value is -1.81. The number of carbonyl (C=O) groups excluding carboxylic acids is 1. The number of amides is 1. The Kier molecular flexibility index (Phi) is 3.97. The normalized spacial score (nSPS) is 17.3. The molecule has 1 aromatic carbocycles. The van der Waals surface area contributed by atoms with Crippen LogP contribution in [-0.4, -0.2) is 5.91 Å². The van der Waals surface area contributed by atoms with Gasteiger partial charge in [0.05, 0.1) is 12.5 Å². The van der Waals surface area contributed by atoms with E-state index in [-0.39, 0.29) is 11.9 Å². The van der Waals surface area contributed by atoms with E-state index >= 15 is 0 Å². The standard InChI is InChI=1S/C17H20N2OS/c1-11-5-7-14(21-11)10-17(20)19-16-4-2-3-12-9-13(18)6-8-15(12)16/h5-9,16H,2-4,10,18H2,1H3,(H,19,20). The van der Waals surface area contributed by atoms with E-state index in [2.05, 4.69) is 24.4 Å². The van der Waals surface area contributed by atoms with E-state index in [4.69, 9.17) is 5.73 Å². The fraction of sp³-hybridized carbons (Fsp3) is 0.353. The van der Waals surface area contributed by atoms with Gasteiger partial charge in [-0.15, -0.1) is 11.3 Å². The first-order chi connectivity index (χ1) is 10.1. The van der Waals surface area contributed by atoms with Crippen LogP contribution in [0.15, 0.2) is 30.3 Å². The van der Waals surface area contributed by atoms with Crippen LogP contribution in [0.1, 0.15) is 39.8 Å². The largest absolute Gasteiger partial charge is 0.399 e. The molecule has 1 aliphatic rings. The summed E-state index contributed by atoms with van der Waals surface area (Å²) in [6, 6.07) is 10.2. The van der Waals surface area contributed by atoms with E-state index in [1.165, 1.54) is 16.0 Å². The Bertz CT molecular complexity index is 663. The van der Waals surface area contributed by atoms with Crippen molar-refractivity contribution in [2.75, 3.05) is 5.73 Å². The van der Waals surface area contributed by atoms with Gasteiger partial charge < -0.3 is 11.1 Å². The molecule has 1 aromatic heterocycles.